The molecule has 2 aromatic carbocycles. The number of anilines is 1. The van der Waals surface area contributed by atoms with Crippen molar-refractivity contribution in [2.45, 2.75) is 4.90 Å². The van der Waals surface area contributed by atoms with Crippen molar-refractivity contribution in [3.05, 3.63) is 59.7 Å². The summed E-state index contributed by atoms with van der Waals surface area (Å²) in [7, 11) is -2.49. The Morgan fingerprint density at radius 3 is 2.53 bits per heavy atom. The van der Waals surface area contributed by atoms with Gasteiger partial charge in [-0.2, -0.15) is 4.31 Å². The van der Waals surface area contributed by atoms with Crippen molar-refractivity contribution in [3.8, 4) is 5.75 Å². The number of esters is 1. The zero-order valence-electron chi connectivity index (χ0n) is 18.1. The molecule has 0 aliphatic carbocycles. The van der Waals surface area contributed by atoms with Crippen molar-refractivity contribution in [3.63, 3.8) is 0 Å². The highest BCUT2D eigenvalue weighted by Gasteiger charge is 2.29. The predicted molar refractivity (Wildman–Crippen MR) is 118 cm³/mol. The standard InChI is InChI=1S/C22H22F2N2O7S/c1-31-19-6-2-15(12-20(19)34(29,30)26-8-10-32-11-9-26)3-7-22(28)33-14-21(27)25-16-4-5-17(23)18(24)13-16/h2-7,12-13H,8-11,14H2,1H3,(H,25,27)/b7-3+. The highest BCUT2D eigenvalue weighted by Crippen LogP contribution is 2.28. The Bertz CT molecular complexity index is 1200. The first-order valence-electron chi connectivity index (χ1n) is 10.1. The summed E-state index contributed by atoms with van der Waals surface area (Å²) in [4.78, 5) is 23.7. The van der Waals surface area contributed by atoms with Crippen LogP contribution in [0, 0.1) is 11.6 Å². The SMILES string of the molecule is COc1ccc(/C=C/C(=O)OCC(=O)Nc2ccc(F)c(F)c2)cc1S(=O)(=O)N1CCOCC1. The summed E-state index contributed by atoms with van der Waals surface area (Å²) in [5, 5.41) is 2.27. The number of methoxy groups -OCH3 is 1. The van der Waals surface area contributed by atoms with Crippen LogP contribution in [0.25, 0.3) is 6.08 Å². The quantitative estimate of drug-likeness (QED) is 0.441. The third-order valence-electron chi connectivity index (χ3n) is 4.74. The Balaban J connectivity index is 1.63. The third-order valence-corrected chi connectivity index (χ3v) is 6.66. The topological polar surface area (TPSA) is 111 Å². The molecule has 1 amide bonds. The summed E-state index contributed by atoms with van der Waals surface area (Å²) in [6.45, 7) is 0.337. The summed E-state index contributed by atoms with van der Waals surface area (Å²) >= 11 is 0. The van der Waals surface area contributed by atoms with Crippen molar-refractivity contribution in [2.24, 2.45) is 0 Å². The van der Waals surface area contributed by atoms with Crippen molar-refractivity contribution >= 4 is 33.7 Å². The van der Waals surface area contributed by atoms with Gasteiger partial charge in [0, 0.05) is 30.9 Å². The van der Waals surface area contributed by atoms with Gasteiger partial charge in [0.15, 0.2) is 18.2 Å². The van der Waals surface area contributed by atoms with E-state index in [1.54, 1.807) is 6.07 Å². The van der Waals surface area contributed by atoms with Gasteiger partial charge < -0.3 is 19.5 Å². The van der Waals surface area contributed by atoms with Gasteiger partial charge in [0.25, 0.3) is 5.91 Å². The van der Waals surface area contributed by atoms with Crippen LogP contribution in [0.4, 0.5) is 14.5 Å². The molecule has 12 heteroatoms. The zero-order chi connectivity index (χ0) is 24.7. The van der Waals surface area contributed by atoms with E-state index in [1.165, 1.54) is 29.6 Å². The Hall–Kier alpha value is -3.35. The van der Waals surface area contributed by atoms with Gasteiger partial charge in [-0.05, 0) is 35.9 Å². The van der Waals surface area contributed by atoms with Crippen LogP contribution >= 0.6 is 0 Å². The minimum absolute atomic E-state index is 0.00253. The van der Waals surface area contributed by atoms with E-state index < -0.39 is 40.1 Å². The first-order chi connectivity index (χ1) is 16.2. The molecule has 0 atom stereocenters. The monoisotopic (exact) mass is 496 g/mol. The molecule has 182 valence electrons. The van der Waals surface area contributed by atoms with Crippen molar-refractivity contribution in [2.75, 3.05) is 45.3 Å². The van der Waals surface area contributed by atoms with E-state index in [9.17, 15) is 26.8 Å². The number of sulfonamides is 1. The van der Waals surface area contributed by atoms with Crippen LogP contribution in [0.2, 0.25) is 0 Å². The minimum Gasteiger partial charge on any atom is -0.495 e. The molecule has 1 saturated heterocycles. The number of nitrogens with zero attached hydrogens (tertiary/aromatic N) is 1. The number of ether oxygens (including phenoxy) is 3. The number of rotatable bonds is 8. The van der Waals surface area contributed by atoms with Gasteiger partial charge in [-0.1, -0.05) is 6.07 Å². The second-order valence-electron chi connectivity index (χ2n) is 7.04. The molecule has 3 rings (SSSR count). The number of halogens is 2. The molecular formula is C22H22F2N2O7S. The maximum atomic E-state index is 13.2. The largest absolute Gasteiger partial charge is 0.495 e. The Labute approximate surface area is 195 Å². The molecule has 1 fully saturated rings. The van der Waals surface area contributed by atoms with Gasteiger partial charge in [0.05, 0.1) is 20.3 Å². The van der Waals surface area contributed by atoms with Crippen molar-refractivity contribution < 1.29 is 41.0 Å². The summed E-state index contributed by atoms with van der Waals surface area (Å²) in [6.07, 6.45) is 2.35. The normalized spacial score (nSPS) is 14.7. The molecule has 2 aromatic rings. The first-order valence-corrected chi connectivity index (χ1v) is 11.5. The molecule has 1 aliphatic rings. The molecule has 34 heavy (non-hydrogen) atoms. The molecule has 0 spiro atoms. The summed E-state index contributed by atoms with van der Waals surface area (Å²) in [6, 6.07) is 7.18. The first kappa shape index (κ1) is 25.3. The van der Waals surface area contributed by atoms with Crippen LogP contribution in [0.15, 0.2) is 47.4 Å². The third kappa shape index (κ3) is 6.37. The Kier molecular flexibility index (Phi) is 8.31. The van der Waals surface area contributed by atoms with Crippen molar-refractivity contribution in [1.82, 2.24) is 4.31 Å². The molecule has 1 aliphatic heterocycles. The van der Waals surface area contributed by atoms with Gasteiger partial charge in [0.2, 0.25) is 10.0 Å². The van der Waals surface area contributed by atoms with E-state index in [1.807, 2.05) is 0 Å². The lowest BCUT2D eigenvalue weighted by Crippen LogP contribution is -2.40. The van der Waals surface area contributed by atoms with E-state index in [0.717, 1.165) is 24.3 Å². The van der Waals surface area contributed by atoms with Gasteiger partial charge in [0.1, 0.15) is 10.6 Å². The minimum atomic E-state index is -3.85. The maximum absolute atomic E-state index is 13.2. The van der Waals surface area contributed by atoms with E-state index in [2.05, 4.69) is 5.32 Å². The number of carbonyl (C=O) groups excluding carboxylic acids is 2. The number of benzene rings is 2. The molecular weight excluding hydrogens is 474 g/mol. The van der Waals surface area contributed by atoms with Crippen LogP contribution in [0.3, 0.4) is 0 Å². The lowest BCUT2D eigenvalue weighted by atomic mass is 10.2. The molecule has 1 heterocycles. The average Bonchev–Trinajstić information content (AvgIpc) is 2.84. The Morgan fingerprint density at radius 2 is 1.85 bits per heavy atom. The molecule has 0 unspecified atom stereocenters. The van der Waals surface area contributed by atoms with Crippen LogP contribution < -0.4 is 10.1 Å². The van der Waals surface area contributed by atoms with Gasteiger partial charge in [-0.15, -0.1) is 0 Å². The number of nitrogens with one attached hydrogen (secondary N) is 1. The molecule has 0 aromatic heterocycles. The predicted octanol–water partition coefficient (Wildman–Crippen LogP) is 2.19. The molecule has 9 nitrogen and oxygen atoms in total. The summed E-state index contributed by atoms with van der Waals surface area (Å²) < 4.78 is 68.6. The summed E-state index contributed by atoms with van der Waals surface area (Å²) in [5.41, 5.74) is 0.388. The van der Waals surface area contributed by atoms with Crippen LogP contribution in [-0.4, -0.2) is 64.6 Å². The van der Waals surface area contributed by atoms with Crippen LogP contribution in [0.1, 0.15) is 5.56 Å². The fourth-order valence-electron chi connectivity index (χ4n) is 3.04. The highest BCUT2D eigenvalue weighted by molar-refractivity contribution is 7.89. The van der Waals surface area contributed by atoms with E-state index in [-0.39, 0.29) is 42.6 Å². The number of hydrogen-bond acceptors (Lipinski definition) is 7. The number of morpholine rings is 1. The molecule has 0 radical (unpaired) electrons. The van der Waals surface area contributed by atoms with Gasteiger partial charge in [-0.3, -0.25) is 4.79 Å². The van der Waals surface area contributed by atoms with Crippen molar-refractivity contribution in [1.29, 1.82) is 0 Å². The van der Waals surface area contributed by atoms with E-state index >= 15 is 0 Å². The van der Waals surface area contributed by atoms with Crippen LogP contribution in [-0.2, 0) is 29.1 Å². The average molecular weight is 496 g/mol. The highest BCUT2D eigenvalue weighted by atomic mass is 32.2. The molecule has 0 saturated carbocycles. The summed E-state index contributed by atoms with van der Waals surface area (Å²) in [5.74, 6) is -3.66. The smallest absolute Gasteiger partial charge is 0.331 e. The number of hydrogen-bond donors (Lipinski definition) is 1. The van der Waals surface area contributed by atoms with E-state index in [4.69, 9.17) is 14.2 Å². The number of amides is 1. The van der Waals surface area contributed by atoms with E-state index in [0.29, 0.717) is 5.56 Å². The fourth-order valence-corrected chi connectivity index (χ4v) is 4.64. The maximum Gasteiger partial charge on any atom is 0.331 e. The lowest BCUT2D eigenvalue weighted by Gasteiger charge is -2.26. The van der Waals surface area contributed by atoms with Gasteiger partial charge in [-0.25, -0.2) is 22.0 Å². The van der Waals surface area contributed by atoms with Gasteiger partial charge >= 0.3 is 5.97 Å². The lowest BCUT2D eigenvalue weighted by molar-refractivity contribution is -0.142. The number of carbonyl (C=O) groups is 2. The molecule has 0 bridgehead atoms. The second-order valence-corrected chi connectivity index (χ2v) is 8.95. The van der Waals surface area contributed by atoms with Crippen LogP contribution in [0.5, 0.6) is 5.75 Å². The zero-order valence-corrected chi connectivity index (χ0v) is 18.9. The molecule has 1 N–H and O–H groups in total. The Morgan fingerprint density at radius 1 is 1.12 bits per heavy atom. The fraction of sp³-hybridized carbons (Fsp3) is 0.273. The second kappa shape index (κ2) is 11.2.